The lowest BCUT2D eigenvalue weighted by atomic mass is 10.2. The third-order valence-corrected chi connectivity index (χ3v) is 4.32. The molecule has 6 heteroatoms. The highest BCUT2D eigenvalue weighted by atomic mass is 16.7. The molecule has 1 N–H and O–H groups in total. The van der Waals surface area contributed by atoms with Gasteiger partial charge in [-0.2, -0.15) is 0 Å². The number of rotatable bonds is 4. The minimum atomic E-state index is -0.392. The van der Waals surface area contributed by atoms with Crippen LogP contribution in [0, 0.1) is 0 Å². The van der Waals surface area contributed by atoms with Gasteiger partial charge in [-0.25, -0.2) is 9.13 Å². The highest BCUT2D eigenvalue weighted by Crippen LogP contribution is 2.34. The Morgan fingerprint density at radius 1 is 1.28 bits per heavy atom. The number of hydrogen-bond acceptors (Lipinski definition) is 3. The molecule has 3 aromatic rings. The molecule has 0 bridgehead atoms. The van der Waals surface area contributed by atoms with E-state index in [1.165, 1.54) is 0 Å². The standard InChI is InChI=1S/C19H17N3O3/c1-3-21-11-22(16-7-5-4-6-15(16)21)13(2)19(23)20-14-8-9-17-18(10-14)25-12-24-17/h3-11,13H,1,12H2,2H3/p+1/t13-/m1/s1. The van der Waals surface area contributed by atoms with Crippen molar-refractivity contribution in [1.82, 2.24) is 4.57 Å². The van der Waals surface area contributed by atoms with Gasteiger partial charge < -0.3 is 14.8 Å². The van der Waals surface area contributed by atoms with E-state index in [-0.39, 0.29) is 12.7 Å². The Balaban J connectivity index is 1.61. The number of hydrogen-bond donors (Lipinski definition) is 1. The smallest absolute Gasteiger partial charge is 0.269 e. The Labute approximate surface area is 144 Å². The number of carbonyl (C=O) groups excluding carboxylic acids is 1. The first kappa shape index (κ1) is 15.3. The van der Waals surface area contributed by atoms with E-state index in [0.717, 1.165) is 11.0 Å². The molecule has 0 aliphatic carbocycles. The van der Waals surface area contributed by atoms with E-state index >= 15 is 0 Å². The summed E-state index contributed by atoms with van der Waals surface area (Å²) in [5.74, 6) is 1.21. The predicted molar refractivity (Wildman–Crippen MR) is 94.4 cm³/mol. The molecule has 2 aromatic carbocycles. The number of imidazole rings is 1. The van der Waals surface area contributed by atoms with E-state index in [9.17, 15) is 4.79 Å². The molecule has 0 saturated carbocycles. The minimum absolute atomic E-state index is 0.115. The fourth-order valence-electron chi connectivity index (χ4n) is 2.96. The molecular weight excluding hydrogens is 318 g/mol. The zero-order valence-electron chi connectivity index (χ0n) is 13.8. The number of ether oxygens (including phenoxy) is 2. The molecule has 1 aliphatic rings. The maximum Gasteiger partial charge on any atom is 0.269 e. The summed E-state index contributed by atoms with van der Waals surface area (Å²) in [4.78, 5) is 12.7. The Kier molecular flexibility index (Phi) is 3.65. The third kappa shape index (κ3) is 2.61. The highest BCUT2D eigenvalue weighted by Gasteiger charge is 2.25. The van der Waals surface area contributed by atoms with Gasteiger partial charge in [-0.05, 0) is 31.2 Å². The molecular formula is C19H18N3O3+. The lowest BCUT2D eigenvalue weighted by Gasteiger charge is -2.10. The SMILES string of the molecule is C=Cn1c[n+]([C@H](C)C(=O)Nc2ccc3c(c2)OCO3)c2ccccc21. The zero-order chi connectivity index (χ0) is 17.4. The summed E-state index contributed by atoms with van der Waals surface area (Å²) in [6.45, 7) is 5.89. The van der Waals surface area contributed by atoms with E-state index in [4.69, 9.17) is 9.47 Å². The van der Waals surface area contributed by atoms with Gasteiger partial charge in [-0.3, -0.25) is 4.79 Å². The van der Waals surface area contributed by atoms with Crippen LogP contribution >= 0.6 is 0 Å². The van der Waals surface area contributed by atoms with Gasteiger partial charge in [0.25, 0.3) is 5.91 Å². The summed E-state index contributed by atoms with van der Waals surface area (Å²) in [6, 6.07) is 12.9. The molecule has 1 aliphatic heterocycles. The van der Waals surface area contributed by atoms with Crippen LogP contribution in [0.1, 0.15) is 13.0 Å². The molecule has 0 radical (unpaired) electrons. The van der Waals surface area contributed by atoms with Gasteiger partial charge in [0.1, 0.15) is 0 Å². The molecule has 1 atom stereocenters. The summed E-state index contributed by atoms with van der Waals surface area (Å²) < 4.78 is 14.5. The van der Waals surface area contributed by atoms with Crippen LogP contribution in [0.3, 0.4) is 0 Å². The van der Waals surface area contributed by atoms with Crippen molar-refractivity contribution in [1.29, 1.82) is 0 Å². The first-order chi connectivity index (χ1) is 12.2. The summed E-state index contributed by atoms with van der Waals surface area (Å²) in [5, 5.41) is 2.93. The average molecular weight is 336 g/mol. The predicted octanol–water partition coefficient (Wildman–Crippen LogP) is 2.96. The molecule has 0 fully saturated rings. The number of aromatic nitrogens is 2. The summed E-state index contributed by atoms with van der Waals surface area (Å²) in [7, 11) is 0. The van der Waals surface area contributed by atoms with Gasteiger partial charge in [0.2, 0.25) is 13.1 Å². The van der Waals surface area contributed by atoms with Crippen LogP contribution in [0.15, 0.2) is 55.4 Å². The van der Waals surface area contributed by atoms with Crippen molar-refractivity contribution in [3.63, 3.8) is 0 Å². The maximum atomic E-state index is 12.7. The van der Waals surface area contributed by atoms with Crippen LogP contribution in [0.5, 0.6) is 11.5 Å². The van der Waals surface area contributed by atoms with Crippen LogP contribution in [0.2, 0.25) is 0 Å². The van der Waals surface area contributed by atoms with Crippen molar-refractivity contribution < 1.29 is 18.8 Å². The Hall–Kier alpha value is -3.28. The normalized spacial score (nSPS) is 13.6. The summed E-state index contributed by atoms with van der Waals surface area (Å²) >= 11 is 0. The van der Waals surface area contributed by atoms with Crippen LogP contribution in [0.4, 0.5) is 5.69 Å². The second-order valence-electron chi connectivity index (χ2n) is 5.83. The van der Waals surface area contributed by atoms with Crippen molar-refractivity contribution in [3.8, 4) is 11.5 Å². The first-order valence-electron chi connectivity index (χ1n) is 8.01. The summed E-state index contributed by atoms with van der Waals surface area (Å²) in [6.07, 6.45) is 3.60. The second kappa shape index (κ2) is 5.98. The summed E-state index contributed by atoms with van der Waals surface area (Å²) in [5.41, 5.74) is 2.64. The molecule has 0 saturated heterocycles. The van der Waals surface area contributed by atoms with Crippen molar-refractivity contribution in [2.45, 2.75) is 13.0 Å². The Bertz CT molecular complexity index is 977. The lowest BCUT2D eigenvalue weighted by molar-refractivity contribution is -0.680. The Morgan fingerprint density at radius 2 is 2.08 bits per heavy atom. The number of benzene rings is 2. The third-order valence-electron chi connectivity index (χ3n) is 4.32. The maximum absolute atomic E-state index is 12.7. The van der Waals surface area contributed by atoms with Crippen LogP contribution < -0.4 is 19.4 Å². The van der Waals surface area contributed by atoms with Gasteiger partial charge in [-0.15, -0.1) is 0 Å². The molecule has 126 valence electrons. The van der Waals surface area contributed by atoms with Gasteiger partial charge in [0.05, 0.1) is 6.20 Å². The number of fused-ring (bicyclic) bond motifs is 2. The van der Waals surface area contributed by atoms with E-state index in [1.807, 2.05) is 46.7 Å². The van der Waals surface area contributed by atoms with Gasteiger partial charge in [-0.1, -0.05) is 18.7 Å². The fourth-order valence-corrected chi connectivity index (χ4v) is 2.96. The van der Waals surface area contributed by atoms with Gasteiger partial charge in [0, 0.05) is 11.8 Å². The Morgan fingerprint density at radius 3 is 2.92 bits per heavy atom. The van der Waals surface area contributed by atoms with Crippen molar-refractivity contribution in [3.05, 3.63) is 55.4 Å². The molecule has 0 spiro atoms. The van der Waals surface area contributed by atoms with Crippen molar-refractivity contribution in [2.24, 2.45) is 0 Å². The van der Waals surface area contributed by atoms with Crippen LogP contribution in [0.25, 0.3) is 17.2 Å². The quantitative estimate of drug-likeness (QED) is 0.745. The first-order valence-corrected chi connectivity index (χ1v) is 8.01. The molecule has 2 heterocycles. The van der Waals surface area contributed by atoms with Crippen molar-refractivity contribution >= 4 is 28.8 Å². The average Bonchev–Trinajstić information content (AvgIpc) is 3.24. The van der Waals surface area contributed by atoms with E-state index in [1.54, 1.807) is 24.4 Å². The van der Waals surface area contributed by atoms with Gasteiger partial charge >= 0.3 is 0 Å². The van der Waals surface area contributed by atoms with E-state index in [2.05, 4.69) is 11.9 Å². The molecule has 0 unspecified atom stereocenters. The van der Waals surface area contributed by atoms with Gasteiger partial charge in [0.15, 0.2) is 28.6 Å². The number of nitrogens with zero attached hydrogens (tertiary/aromatic N) is 2. The number of para-hydroxylation sites is 2. The molecule has 1 amide bonds. The van der Waals surface area contributed by atoms with Crippen LogP contribution in [-0.4, -0.2) is 17.3 Å². The molecule has 25 heavy (non-hydrogen) atoms. The van der Waals surface area contributed by atoms with E-state index in [0.29, 0.717) is 17.2 Å². The highest BCUT2D eigenvalue weighted by molar-refractivity contribution is 5.93. The lowest BCUT2D eigenvalue weighted by Crippen LogP contribution is -2.43. The number of nitrogens with one attached hydrogen (secondary N) is 1. The number of anilines is 1. The second-order valence-corrected chi connectivity index (χ2v) is 5.83. The minimum Gasteiger partial charge on any atom is -0.454 e. The van der Waals surface area contributed by atoms with E-state index < -0.39 is 6.04 Å². The monoisotopic (exact) mass is 336 g/mol. The molecule has 4 rings (SSSR count). The number of amides is 1. The van der Waals surface area contributed by atoms with Crippen molar-refractivity contribution in [2.75, 3.05) is 12.1 Å². The fraction of sp³-hybridized carbons (Fsp3) is 0.158. The topological polar surface area (TPSA) is 56.4 Å². The number of carbonyl (C=O) groups is 1. The largest absolute Gasteiger partial charge is 0.454 e. The van der Waals surface area contributed by atoms with Crippen LogP contribution in [-0.2, 0) is 4.79 Å². The molecule has 1 aromatic heterocycles. The zero-order valence-corrected chi connectivity index (χ0v) is 13.8. The molecule has 6 nitrogen and oxygen atoms in total.